The van der Waals surface area contributed by atoms with Gasteiger partial charge in [-0.15, -0.1) is 0 Å². The lowest BCUT2D eigenvalue weighted by Crippen LogP contribution is -2.75. The number of benzene rings is 8. The van der Waals surface area contributed by atoms with Crippen LogP contribution in [0.2, 0.25) is 0 Å². The van der Waals surface area contributed by atoms with Crippen LogP contribution in [0.1, 0.15) is 54.9 Å². The second-order valence-corrected chi connectivity index (χ2v) is 19.3. The number of halogens is 24. The summed E-state index contributed by atoms with van der Waals surface area (Å²) in [7, 11) is 0. The number of rotatable bonds is 9. The summed E-state index contributed by atoms with van der Waals surface area (Å²) < 4.78 is 349. The van der Waals surface area contributed by atoms with Crippen LogP contribution < -0.4 is 31.2 Å². The first-order valence-corrected chi connectivity index (χ1v) is 24.4. The van der Waals surface area contributed by atoms with E-state index in [1.807, 2.05) is 66.7 Å². The molecule has 1 heterocycles. The molecule has 0 aliphatic carbocycles. The number of carbonyl (C=O) groups excluding carboxylic acids is 1. The average Bonchev–Trinajstić information content (AvgIpc) is 0.726. The second-order valence-electron chi connectivity index (χ2n) is 19.3. The first-order chi connectivity index (χ1) is 40.0. The zero-order chi connectivity index (χ0) is 64.3. The number of hydrogen-bond donors (Lipinski definition) is 0. The lowest BCUT2D eigenvalue weighted by Gasteiger charge is -2.46. The van der Waals surface area contributed by atoms with Crippen LogP contribution >= 0.6 is 0 Å². The van der Waals surface area contributed by atoms with Crippen molar-refractivity contribution in [3.8, 4) is 11.6 Å². The molecular formula is C58H31BF24N2O2. The molecule has 4 nitrogen and oxygen atoms in total. The molecule has 0 saturated heterocycles. The largest absolute Gasteiger partial charge is 0.434 e. The lowest BCUT2D eigenvalue weighted by molar-refractivity contribution is -0.683. The van der Waals surface area contributed by atoms with Crippen molar-refractivity contribution in [2.45, 2.75) is 56.0 Å². The first kappa shape index (κ1) is 64.2. The molecule has 0 amide bonds. The van der Waals surface area contributed by atoms with Gasteiger partial charge in [0.2, 0.25) is 18.5 Å². The Hall–Kier alpha value is -8.79. The smallest absolute Gasteiger partial charge is 0.416 e. The molecule has 8 aromatic carbocycles. The Morgan fingerprint density at radius 3 is 1.03 bits per heavy atom. The number of hydrogen-bond acceptors (Lipinski definition) is 3. The predicted molar refractivity (Wildman–Crippen MR) is 267 cm³/mol. The molecule has 456 valence electrons. The van der Waals surface area contributed by atoms with Crippen molar-refractivity contribution in [1.82, 2.24) is 4.98 Å². The third-order valence-corrected chi connectivity index (χ3v) is 13.5. The molecule has 0 atom stereocenters. The van der Waals surface area contributed by atoms with Crippen molar-refractivity contribution in [1.29, 1.82) is 0 Å². The maximum Gasteiger partial charge on any atom is 0.416 e. The van der Waals surface area contributed by atoms with Crippen molar-refractivity contribution in [3.63, 3.8) is 0 Å². The predicted octanol–water partition coefficient (Wildman–Crippen LogP) is 16.6. The van der Waals surface area contributed by atoms with E-state index in [9.17, 15) is 110 Å². The topological polar surface area (TPSA) is 43.1 Å². The van der Waals surface area contributed by atoms with Gasteiger partial charge in [0, 0.05) is 10.9 Å². The summed E-state index contributed by atoms with van der Waals surface area (Å²) in [4.78, 5) is 16.9. The lowest BCUT2D eigenvalue weighted by atomic mass is 9.12. The summed E-state index contributed by atoms with van der Waals surface area (Å²) in [5.41, 5.74) is -29.5. The number of ether oxygens (including phenoxy) is 1. The highest BCUT2D eigenvalue weighted by Gasteiger charge is 2.47. The highest BCUT2D eigenvalue weighted by molar-refractivity contribution is 7.20. The summed E-state index contributed by atoms with van der Waals surface area (Å²) >= 11 is 0. The van der Waals surface area contributed by atoms with E-state index in [0.29, 0.717) is 11.4 Å². The molecule has 0 bridgehead atoms. The van der Waals surface area contributed by atoms with Gasteiger partial charge in [-0.2, -0.15) is 132 Å². The Morgan fingerprint density at radius 2 is 0.690 bits per heavy atom. The van der Waals surface area contributed by atoms with Gasteiger partial charge in [-0.05, 0) is 46.5 Å². The number of alkyl halides is 24. The van der Waals surface area contributed by atoms with E-state index < -0.39 is 195 Å². The second kappa shape index (κ2) is 22.8. The third kappa shape index (κ3) is 14.2. The van der Waals surface area contributed by atoms with Crippen LogP contribution in [0.3, 0.4) is 0 Å². The monoisotopic (exact) mass is 1250 g/mol. The summed E-state index contributed by atoms with van der Waals surface area (Å²) in [5.74, 6) is 1.22. The molecule has 0 radical (unpaired) electrons. The van der Waals surface area contributed by atoms with Crippen molar-refractivity contribution in [2.24, 2.45) is 0 Å². The van der Waals surface area contributed by atoms with Gasteiger partial charge in [-0.25, -0.2) is 4.98 Å². The number of ketones is 1. The van der Waals surface area contributed by atoms with Crippen LogP contribution in [0, 0.1) is 0 Å². The molecule has 0 aliphatic heterocycles. The first-order valence-electron chi connectivity index (χ1n) is 24.4. The van der Waals surface area contributed by atoms with Crippen molar-refractivity contribution in [3.05, 3.63) is 226 Å². The van der Waals surface area contributed by atoms with Gasteiger partial charge < -0.3 is 4.74 Å². The fourth-order valence-electron chi connectivity index (χ4n) is 9.73. The normalized spacial score (nSPS) is 13.1. The highest BCUT2D eigenvalue weighted by Crippen LogP contribution is 2.42. The van der Waals surface area contributed by atoms with E-state index in [-0.39, 0.29) is 12.3 Å². The summed E-state index contributed by atoms with van der Waals surface area (Å²) in [6, 6.07) is 18.9. The van der Waals surface area contributed by atoms with E-state index in [4.69, 9.17) is 4.74 Å². The van der Waals surface area contributed by atoms with Crippen molar-refractivity contribution in [2.75, 3.05) is 0 Å². The molecule has 29 heteroatoms. The molecule has 9 aromatic rings. The number of fused-ring (bicyclic) bond motifs is 3. The number of Topliss-reactive ketones (excluding diaryl/α,β-unsaturated/α-hetero) is 1. The van der Waals surface area contributed by atoms with Crippen LogP contribution in [-0.2, 0) is 56.0 Å². The van der Waals surface area contributed by atoms with Gasteiger partial charge >= 0.3 is 49.4 Å². The van der Waals surface area contributed by atoms with Gasteiger partial charge in [0.1, 0.15) is 11.9 Å². The molecule has 9 rings (SSSR count). The van der Waals surface area contributed by atoms with E-state index in [0.717, 1.165) is 21.9 Å². The van der Waals surface area contributed by atoms with Crippen LogP contribution in [0.25, 0.3) is 21.5 Å². The molecular weight excluding hydrogens is 1220 g/mol. The van der Waals surface area contributed by atoms with E-state index in [2.05, 4.69) is 23.2 Å². The average molecular weight is 1250 g/mol. The van der Waals surface area contributed by atoms with Crippen LogP contribution in [0.15, 0.2) is 176 Å². The summed E-state index contributed by atoms with van der Waals surface area (Å²) in [6.45, 7) is 0.224. The quantitative estimate of drug-likeness (QED) is 0.0476. The standard InChI is InChI=1S/C32H12BF24.C26H19N2O2/c34-25(35,36)13-1-14(26(37,38)39)6-21(5-13)33(22-7-15(27(40,41)42)2-16(8-22)28(43,44)45,23-9-17(29(46,47)48)3-18(10-23)30(49,50)51)24-11-19(31(52,53)54)4-20(12-24)32(55,56)57;29-24(19-8-2-1-3-9-19)17-28-15-14-27-26(18-28)30-25-16-20-10-4-5-11-21(20)22-12-6-7-13-23(22)25/h1-12H;1-16,18H,17H2/q-1;+1. The van der Waals surface area contributed by atoms with Crippen LogP contribution in [0.4, 0.5) is 105 Å². The SMILES string of the molecule is FC(F)(F)c1cc([B-](c2cc(C(F)(F)F)cc(C(F)(F)F)c2)(c2cc(C(F)(F)F)cc(C(F)(F)F)c2)c2cc(C(F)(F)F)cc(C(F)(F)F)c2)cc(C(F)(F)F)c1.O=C(C[n+]1ccnc(Oc2cc3ccccc3c3ccccc23)c1)c1ccccc1. The minimum atomic E-state index is -6.13. The van der Waals surface area contributed by atoms with E-state index in [1.54, 1.807) is 23.2 Å². The number of aromatic nitrogens is 2. The molecule has 0 N–H and O–H groups in total. The zero-order valence-corrected chi connectivity index (χ0v) is 42.8. The molecule has 0 spiro atoms. The third-order valence-electron chi connectivity index (χ3n) is 13.5. The van der Waals surface area contributed by atoms with E-state index >= 15 is 0 Å². The Balaban J connectivity index is 0.000000271. The van der Waals surface area contributed by atoms with Gasteiger partial charge in [-0.3, -0.25) is 4.79 Å². The zero-order valence-electron chi connectivity index (χ0n) is 42.8. The van der Waals surface area contributed by atoms with Gasteiger partial charge in [0.15, 0.2) is 6.20 Å². The van der Waals surface area contributed by atoms with Crippen molar-refractivity contribution >= 4 is 55.3 Å². The molecule has 0 unspecified atom stereocenters. The molecule has 0 fully saturated rings. The van der Waals surface area contributed by atoms with Crippen LogP contribution in [-0.4, -0.2) is 16.9 Å². The maximum absolute atomic E-state index is 14.2. The molecule has 87 heavy (non-hydrogen) atoms. The Bertz CT molecular complexity index is 3590. The fourth-order valence-corrected chi connectivity index (χ4v) is 9.73. The van der Waals surface area contributed by atoms with Gasteiger partial charge in [0.05, 0.1) is 50.7 Å². The van der Waals surface area contributed by atoms with Gasteiger partial charge in [-0.1, -0.05) is 127 Å². The molecule has 1 aromatic heterocycles. The number of carbonyl (C=O) groups is 1. The Kier molecular flexibility index (Phi) is 16.8. The Morgan fingerprint density at radius 1 is 0.379 bits per heavy atom. The van der Waals surface area contributed by atoms with Gasteiger partial charge in [0.25, 0.3) is 5.88 Å². The fraction of sp³-hybridized carbons (Fsp3) is 0.155. The highest BCUT2D eigenvalue weighted by atomic mass is 19.4. The molecule has 0 aliphatic rings. The van der Waals surface area contributed by atoms with Crippen LogP contribution in [0.5, 0.6) is 11.6 Å². The minimum absolute atomic E-state index is 0.0360. The minimum Gasteiger partial charge on any atom is -0.434 e. The van der Waals surface area contributed by atoms with E-state index in [1.165, 1.54) is 5.39 Å². The Labute approximate surface area is 472 Å². The molecule has 0 saturated carbocycles. The summed E-state index contributed by atoms with van der Waals surface area (Å²) in [5, 5.41) is 4.45. The number of nitrogens with zero attached hydrogens (tertiary/aromatic N) is 2. The summed E-state index contributed by atoms with van der Waals surface area (Å²) in [6.07, 6.45) is -49.6. The van der Waals surface area contributed by atoms with Crippen molar-refractivity contribution < 1.29 is 119 Å². The maximum atomic E-state index is 14.2.